The van der Waals surface area contributed by atoms with Gasteiger partial charge in [-0.2, -0.15) is 0 Å². The quantitative estimate of drug-likeness (QED) is 0.328. The van der Waals surface area contributed by atoms with Crippen molar-refractivity contribution in [1.82, 2.24) is 4.31 Å². The van der Waals surface area contributed by atoms with Crippen LogP contribution in [-0.2, 0) is 11.0 Å². The van der Waals surface area contributed by atoms with E-state index < -0.39 is 18.9 Å². The Morgan fingerprint density at radius 1 is 0.706 bits per heavy atom. The largest absolute Gasteiger partial charge is 0.242 e. The summed E-state index contributed by atoms with van der Waals surface area (Å²) in [6, 6.07) is 23.9. The molecule has 0 aliphatic carbocycles. The van der Waals surface area contributed by atoms with Crippen LogP contribution < -0.4 is 5.30 Å². The third-order valence-corrected chi connectivity index (χ3v) is 11.4. The lowest BCUT2D eigenvalue weighted by Crippen LogP contribution is -2.40. The first-order valence-electron chi connectivity index (χ1n) is 12.2. The van der Waals surface area contributed by atoms with Crippen LogP contribution in [0.25, 0.3) is 10.8 Å². The van der Waals surface area contributed by atoms with E-state index in [9.17, 15) is 4.21 Å². The molecule has 3 aromatic rings. The Bertz CT molecular complexity index is 1150. The average Bonchev–Trinajstić information content (AvgIpc) is 2.72. The molecule has 2 atom stereocenters. The molecule has 0 fully saturated rings. The molecule has 0 saturated carbocycles. The van der Waals surface area contributed by atoms with E-state index in [2.05, 4.69) is 133 Å². The molecule has 0 saturated heterocycles. The van der Waals surface area contributed by atoms with Crippen molar-refractivity contribution in [1.29, 1.82) is 0 Å². The maximum absolute atomic E-state index is 13.8. The van der Waals surface area contributed by atoms with E-state index >= 15 is 0 Å². The summed E-state index contributed by atoms with van der Waals surface area (Å²) in [6.07, 6.45) is 0. The van der Waals surface area contributed by atoms with Gasteiger partial charge in [-0.15, -0.1) is 0 Å². The second-order valence-electron chi connectivity index (χ2n) is 12.1. The van der Waals surface area contributed by atoms with Gasteiger partial charge in [0.2, 0.25) is 0 Å². The van der Waals surface area contributed by atoms with E-state index in [1.807, 2.05) is 7.05 Å². The molecular weight excluding hydrogens is 453 g/mol. The Labute approximate surface area is 211 Å². The van der Waals surface area contributed by atoms with Crippen LogP contribution in [0, 0.1) is 0 Å². The van der Waals surface area contributed by atoms with Gasteiger partial charge in [-0.05, 0) is 58.3 Å². The van der Waals surface area contributed by atoms with Crippen molar-refractivity contribution < 1.29 is 4.21 Å². The molecule has 0 aromatic heterocycles. The van der Waals surface area contributed by atoms with Gasteiger partial charge in [0.15, 0.2) is 0 Å². The van der Waals surface area contributed by atoms with Crippen molar-refractivity contribution in [3.05, 3.63) is 77.9 Å². The summed E-state index contributed by atoms with van der Waals surface area (Å²) < 4.78 is 15.5. The predicted molar refractivity (Wildman–Crippen MR) is 154 cm³/mol. The van der Waals surface area contributed by atoms with Crippen molar-refractivity contribution in [2.24, 2.45) is 0 Å². The van der Waals surface area contributed by atoms with Crippen molar-refractivity contribution in [2.45, 2.75) is 83.4 Å². The molecule has 34 heavy (non-hydrogen) atoms. The summed E-state index contributed by atoms with van der Waals surface area (Å²) in [5, 5.41) is 4.11. The highest BCUT2D eigenvalue weighted by Gasteiger charge is 2.39. The zero-order valence-corrected chi connectivity index (χ0v) is 24.4. The van der Waals surface area contributed by atoms with Crippen LogP contribution >= 0.6 is 7.92 Å². The van der Waals surface area contributed by atoms with Crippen LogP contribution in [0.1, 0.15) is 79.5 Å². The van der Waals surface area contributed by atoms with Crippen molar-refractivity contribution >= 4 is 35.0 Å². The molecular formula is C30H42NOPS. The Morgan fingerprint density at radius 2 is 1.21 bits per heavy atom. The smallest absolute Gasteiger partial charge is 0.100 e. The third kappa shape index (κ3) is 5.64. The minimum absolute atomic E-state index is 0.114. The minimum Gasteiger partial charge on any atom is -0.242 e. The summed E-state index contributed by atoms with van der Waals surface area (Å²) >= 11 is 0. The standard InChI is InChI=1S/C30H42NOPS/c1-28(2,3)33(29(4,5)6)26-21-14-13-19-25(26)27(31(10)34(32)30(7,8)9)24-20-15-17-22-16-11-12-18-23(22)24/h11-21,27H,1-10H3. The molecule has 0 heterocycles. The molecule has 184 valence electrons. The molecule has 2 nitrogen and oxygen atoms in total. The third-order valence-electron chi connectivity index (χ3n) is 6.08. The summed E-state index contributed by atoms with van der Waals surface area (Å²) in [4.78, 5) is 0. The fraction of sp³-hybridized carbons (Fsp3) is 0.467. The minimum atomic E-state index is -1.18. The van der Waals surface area contributed by atoms with E-state index in [0.29, 0.717) is 0 Å². The van der Waals surface area contributed by atoms with E-state index in [1.54, 1.807) is 0 Å². The summed E-state index contributed by atoms with van der Waals surface area (Å²) in [5.74, 6) is 0. The molecule has 0 N–H and O–H groups in total. The Balaban J connectivity index is 2.37. The molecule has 0 radical (unpaired) electrons. The predicted octanol–water partition coefficient (Wildman–Crippen LogP) is 8.03. The van der Waals surface area contributed by atoms with Gasteiger partial charge in [0.1, 0.15) is 11.0 Å². The van der Waals surface area contributed by atoms with E-state index in [4.69, 9.17) is 0 Å². The lowest BCUT2D eigenvalue weighted by molar-refractivity contribution is 0.443. The lowest BCUT2D eigenvalue weighted by Gasteiger charge is -2.44. The van der Waals surface area contributed by atoms with Crippen LogP contribution in [0.4, 0.5) is 0 Å². The van der Waals surface area contributed by atoms with Gasteiger partial charge in [0, 0.05) is 7.05 Å². The molecule has 0 aliphatic heterocycles. The van der Waals surface area contributed by atoms with Crippen LogP contribution in [-0.4, -0.2) is 30.6 Å². The molecule has 0 bridgehead atoms. The number of fused-ring (bicyclic) bond motifs is 1. The maximum atomic E-state index is 13.8. The highest BCUT2D eigenvalue weighted by atomic mass is 32.2. The summed E-state index contributed by atoms with van der Waals surface area (Å²) in [6.45, 7) is 20.4. The Morgan fingerprint density at radius 3 is 1.79 bits per heavy atom. The van der Waals surface area contributed by atoms with Gasteiger partial charge in [-0.3, -0.25) is 0 Å². The second kappa shape index (κ2) is 9.84. The summed E-state index contributed by atoms with van der Waals surface area (Å²) in [7, 11) is 0.327. The first-order chi connectivity index (χ1) is 15.6. The highest BCUT2D eigenvalue weighted by Crippen LogP contribution is 2.59. The normalized spacial score (nSPS) is 15.2. The van der Waals surface area contributed by atoms with Gasteiger partial charge >= 0.3 is 0 Å². The number of nitrogens with zero attached hydrogens (tertiary/aromatic N) is 1. The zero-order chi connectivity index (χ0) is 25.5. The molecule has 0 aliphatic rings. The van der Waals surface area contributed by atoms with Crippen molar-refractivity contribution in [3.8, 4) is 0 Å². The second-order valence-corrected chi connectivity index (χ2v) is 18.2. The number of benzene rings is 3. The number of hydrogen-bond donors (Lipinski definition) is 0. The summed E-state index contributed by atoms with van der Waals surface area (Å²) in [5.41, 5.74) is 2.48. The first kappa shape index (κ1) is 27.1. The number of rotatable bonds is 5. The van der Waals surface area contributed by atoms with E-state index in [-0.39, 0.29) is 21.1 Å². The van der Waals surface area contributed by atoms with Crippen LogP contribution in [0.3, 0.4) is 0 Å². The number of hydrogen-bond acceptors (Lipinski definition) is 1. The molecule has 3 aromatic carbocycles. The van der Waals surface area contributed by atoms with Crippen molar-refractivity contribution in [3.63, 3.8) is 0 Å². The SMILES string of the molecule is CN(C(c1ccccc1P(C(C)(C)C)C(C)(C)C)c1cccc2ccccc12)S(=O)C(C)(C)C. The van der Waals surface area contributed by atoms with Crippen molar-refractivity contribution in [2.75, 3.05) is 7.05 Å². The first-order valence-corrected chi connectivity index (χ1v) is 14.6. The monoisotopic (exact) mass is 495 g/mol. The molecule has 3 rings (SSSR count). The molecule has 0 spiro atoms. The molecule has 2 unspecified atom stereocenters. The van der Waals surface area contributed by atoms with Gasteiger partial charge < -0.3 is 0 Å². The van der Waals surface area contributed by atoms with Gasteiger partial charge in [-0.1, -0.05) is 116 Å². The van der Waals surface area contributed by atoms with Crippen LogP contribution in [0.15, 0.2) is 66.7 Å². The van der Waals surface area contributed by atoms with Gasteiger partial charge in [0.25, 0.3) is 0 Å². The van der Waals surface area contributed by atoms with Gasteiger partial charge in [-0.25, -0.2) is 8.51 Å². The fourth-order valence-electron chi connectivity index (χ4n) is 5.23. The van der Waals surface area contributed by atoms with E-state index in [0.717, 1.165) is 0 Å². The maximum Gasteiger partial charge on any atom is 0.100 e. The molecule has 0 amide bonds. The van der Waals surface area contributed by atoms with Crippen LogP contribution in [0.5, 0.6) is 0 Å². The topological polar surface area (TPSA) is 20.3 Å². The highest BCUT2D eigenvalue weighted by molar-refractivity contribution is 7.84. The average molecular weight is 496 g/mol. The Hall–Kier alpha value is -1.54. The zero-order valence-electron chi connectivity index (χ0n) is 22.6. The fourth-order valence-corrected chi connectivity index (χ4v) is 10.7. The molecule has 4 heteroatoms. The van der Waals surface area contributed by atoms with E-state index in [1.165, 1.54) is 27.2 Å². The lowest BCUT2D eigenvalue weighted by atomic mass is 9.94. The Kier molecular flexibility index (Phi) is 7.83. The van der Waals surface area contributed by atoms with Crippen LogP contribution in [0.2, 0.25) is 0 Å². The van der Waals surface area contributed by atoms with Gasteiger partial charge in [0.05, 0.1) is 10.8 Å².